The number of methoxy groups -OCH3 is 1. The van der Waals surface area contributed by atoms with Gasteiger partial charge in [-0.25, -0.2) is 4.39 Å². The lowest BCUT2D eigenvalue weighted by Crippen LogP contribution is -2.63. The first kappa shape index (κ1) is 20.6. The number of amides is 2. The Bertz CT molecular complexity index is 1130. The summed E-state index contributed by atoms with van der Waals surface area (Å²) in [5.74, 6) is -0.277. The minimum absolute atomic E-state index is 0.285. The van der Waals surface area contributed by atoms with Gasteiger partial charge in [-0.1, -0.05) is 30.3 Å². The molecule has 0 aromatic heterocycles. The summed E-state index contributed by atoms with van der Waals surface area (Å²) in [6.07, 6.45) is 0.343. The number of hydrogen-bond acceptors (Lipinski definition) is 3. The van der Waals surface area contributed by atoms with Gasteiger partial charge in [0.05, 0.1) is 7.11 Å². The van der Waals surface area contributed by atoms with E-state index in [0.29, 0.717) is 30.0 Å². The highest BCUT2D eigenvalue weighted by molar-refractivity contribution is 6.14. The monoisotopic (exact) mass is 418 g/mol. The third-order valence-electron chi connectivity index (χ3n) is 5.64. The predicted molar refractivity (Wildman–Crippen MR) is 117 cm³/mol. The van der Waals surface area contributed by atoms with Crippen LogP contribution < -0.4 is 15.0 Å². The molecule has 3 aromatic rings. The van der Waals surface area contributed by atoms with E-state index in [1.807, 2.05) is 36.4 Å². The van der Waals surface area contributed by atoms with Crippen molar-refractivity contribution in [3.05, 3.63) is 95.3 Å². The number of fused-ring (bicyclic) bond motifs is 1. The maximum absolute atomic E-state index is 13.5. The number of ether oxygens (including phenoxy) is 1. The second kappa shape index (κ2) is 8.22. The molecule has 158 valence electrons. The number of carbonyl (C=O) groups is 2. The van der Waals surface area contributed by atoms with Crippen molar-refractivity contribution in [1.29, 1.82) is 0 Å². The van der Waals surface area contributed by atoms with Crippen LogP contribution in [0.1, 0.15) is 28.4 Å². The van der Waals surface area contributed by atoms with Crippen LogP contribution >= 0.6 is 0 Å². The van der Waals surface area contributed by atoms with E-state index in [4.69, 9.17) is 4.74 Å². The maximum atomic E-state index is 13.5. The topological polar surface area (TPSA) is 58.6 Å². The summed E-state index contributed by atoms with van der Waals surface area (Å²) in [6, 6.07) is 20.3. The van der Waals surface area contributed by atoms with E-state index in [0.717, 1.165) is 11.1 Å². The molecule has 0 saturated heterocycles. The largest absolute Gasteiger partial charge is 0.497 e. The van der Waals surface area contributed by atoms with E-state index in [1.54, 1.807) is 26.2 Å². The lowest BCUT2D eigenvalue weighted by atomic mass is 9.82. The van der Waals surface area contributed by atoms with E-state index in [-0.39, 0.29) is 11.8 Å². The molecule has 5 nitrogen and oxygen atoms in total. The summed E-state index contributed by atoms with van der Waals surface area (Å²) in [7, 11) is 1.59. The molecule has 1 atom stereocenters. The Labute approximate surface area is 180 Å². The Morgan fingerprint density at radius 1 is 1.10 bits per heavy atom. The van der Waals surface area contributed by atoms with Crippen molar-refractivity contribution in [2.24, 2.45) is 0 Å². The second-order valence-corrected chi connectivity index (χ2v) is 7.76. The van der Waals surface area contributed by atoms with Crippen LogP contribution in [0, 0.1) is 5.82 Å². The first-order chi connectivity index (χ1) is 14.9. The fourth-order valence-electron chi connectivity index (χ4n) is 4.01. The number of nitrogens with one attached hydrogen (secondary N) is 1. The standard InChI is InChI=1S/C25H23FN2O3/c1-25(24(30)27-16-17-6-5-8-21(14-17)31-2)15-18-7-3-4-9-22(18)23(29)28(25)20-12-10-19(26)11-13-20/h3-14H,15-16H2,1-2H3,(H,27,30)/t25-/m1/s1. The van der Waals surface area contributed by atoms with Crippen molar-refractivity contribution >= 4 is 17.5 Å². The van der Waals surface area contributed by atoms with Crippen molar-refractivity contribution in [3.8, 4) is 5.75 Å². The molecule has 0 fully saturated rings. The summed E-state index contributed by atoms with van der Waals surface area (Å²) in [6.45, 7) is 2.03. The predicted octanol–water partition coefficient (Wildman–Crippen LogP) is 4.11. The fraction of sp³-hybridized carbons (Fsp3) is 0.200. The van der Waals surface area contributed by atoms with Gasteiger partial charge >= 0.3 is 0 Å². The van der Waals surface area contributed by atoms with Gasteiger partial charge in [0.15, 0.2) is 0 Å². The van der Waals surface area contributed by atoms with Gasteiger partial charge in [0, 0.05) is 24.2 Å². The maximum Gasteiger partial charge on any atom is 0.259 e. The van der Waals surface area contributed by atoms with Crippen LogP contribution in [0.5, 0.6) is 5.75 Å². The van der Waals surface area contributed by atoms with Gasteiger partial charge in [0.1, 0.15) is 17.1 Å². The van der Waals surface area contributed by atoms with Gasteiger partial charge in [-0.2, -0.15) is 0 Å². The third kappa shape index (κ3) is 3.89. The molecule has 31 heavy (non-hydrogen) atoms. The minimum Gasteiger partial charge on any atom is -0.497 e. The zero-order valence-electron chi connectivity index (χ0n) is 17.4. The van der Waals surface area contributed by atoms with E-state index >= 15 is 0 Å². The molecule has 1 aliphatic rings. The lowest BCUT2D eigenvalue weighted by Gasteiger charge is -2.44. The Morgan fingerprint density at radius 2 is 1.84 bits per heavy atom. The summed E-state index contributed by atoms with van der Waals surface area (Å²) >= 11 is 0. The van der Waals surface area contributed by atoms with E-state index in [9.17, 15) is 14.0 Å². The van der Waals surface area contributed by atoms with Gasteiger partial charge in [-0.05, 0) is 60.5 Å². The number of hydrogen-bond donors (Lipinski definition) is 1. The highest BCUT2D eigenvalue weighted by Crippen LogP contribution is 2.35. The molecule has 0 saturated carbocycles. The molecule has 0 aliphatic carbocycles. The first-order valence-electron chi connectivity index (χ1n) is 10.0. The number of halogens is 1. The Hall–Kier alpha value is -3.67. The molecule has 6 heteroatoms. The van der Waals surface area contributed by atoms with Crippen molar-refractivity contribution in [2.75, 3.05) is 12.0 Å². The molecule has 1 N–H and O–H groups in total. The summed E-state index contributed by atoms with van der Waals surface area (Å²) in [5.41, 5.74) is 1.53. The van der Waals surface area contributed by atoms with Crippen LogP contribution in [0.3, 0.4) is 0 Å². The lowest BCUT2D eigenvalue weighted by molar-refractivity contribution is -0.126. The van der Waals surface area contributed by atoms with Crippen molar-refractivity contribution in [1.82, 2.24) is 5.32 Å². The molecule has 3 aromatic carbocycles. The number of carbonyl (C=O) groups excluding carboxylic acids is 2. The van der Waals surface area contributed by atoms with Crippen LogP contribution in [-0.2, 0) is 17.8 Å². The van der Waals surface area contributed by atoms with Gasteiger partial charge in [-0.15, -0.1) is 0 Å². The molecule has 1 aliphatic heterocycles. The van der Waals surface area contributed by atoms with Gasteiger partial charge < -0.3 is 10.1 Å². The molecule has 0 spiro atoms. The van der Waals surface area contributed by atoms with E-state index in [1.165, 1.54) is 29.2 Å². The van der Waals surface area contributed by atoms with Gasteiger partial charge in [-0.3, -0.25) is 14.5 Å². The van der Waals surface area contributed by atoms with Crippen molar-refractivity contribution < 1.29 is 18.7 Å². The highest BCUT2D eigenvalue weighted by atomic mass is 19.1. The van der Waals surface area contributed by atoms with Gasteiger partial charge in [0.25, 0.3) is 5.91 Å². The Morgan fingerprint density at radius 3 is 2.58 bits per heavy atom. The molecule has 0 bridgehead atoms. The Kier molecular flexibility index (Phi) is 5.46. The molecular formula is C25H23FN2O3. The quantitative estimate of drug-likeness (QED) is 0.678. The summed E-state index contributed by atoms with van der Waals surface area (Å²) in [4.78, 5) is 28.3. The zero-order chi connectivity index (χ0) is 22.0. The first-order valence-corrected chi connectivity index (χ1v) is 10.0. The number of rotatable bonds is 5. The molecule has 1 heterocycles. The van der Waals surface area contributed by atoms with Crippen molar-refractivity contribution in [2.45, 2.75) is 25.4 Å². The van der Waals surface area contributed by atoms with Gasteiger partial charge in [0.2, 0.25) is 5.91 Å². The highest BCUT2D eigenvalue weighted by Gasteiger charge is 2.47. The molecular weight excluding hydrogens is 395 g/mol. The summed E-state index contributed by atoms with van der Waals surface area (Å²) in [5, 5.41) is 2.96. The molecule has 2 amide bonds. The molecule has 4 rings (SSSR count). The van der Waals surface area contributed by atoms with E-state index in [2.05, 4.69) is 5.32 Å². The second-order valence-electron chi connectivity index (χ2n) is 7.76. The fourth-order valence-corrected chi connectivity index (χ4v) is 4.01. The number of anilines is 1. The average Bonchev–Trinajstić information content (AvgIpc) is 2.79. The average molecular weight is 418 g/mol. The summed E-state index contributed by atoms with van der Waals surface area (Å²) < 4.78 is 18.8. The minimum atomic E-state index is -1.18. The normalized spacial score (nSPS) is 17.8. The zero-order valence-corrected chi connectivity index (χ0v) is 17.4. The van der Waals surface area contributed by atoms with Crippen LogP contribution in [0.4, 0.5) is 10.1 Å². The Balaban J connectivity index is 1.68. The van der Waals surface area contributed by atoms with E-state index < -0.39 is 11.4 Å². The number of nitrogens with zero attached hydrogens (tertiary/aromatic N) is 1. The number of benzene rings is 3. The smallest absolute Gasteiger partial charge is 0.259 e. The van der Waals surface area contributed by atoms with Crippen molar-refractivity contribution in [3.63, 3.8) is 0 Å². The van der Waals surface area contributed by atoms with Crippen LogP contribution in [0.15, 0.2) is 72.8 Å². The third-order valence-corrected chi connectivity index (χ3v) is 5.64. The van der Waals surface area contributed by atoms with Crippen LogP contribution in [0.25, 0.3) is 0 Å². The molecule has 0 radical (unpaired) electrons. The molecule has 0 unspecified atom stereocenters. The SMILES string of the molecule is COc1cccc(CNC(=O)[C@@]2(C)Cc3ccccc3C(=O)N2c2ccc(F)cc2)c1. The van der Waals surface area contributed by atoms with Crippen LogP contribution in [0.2, 0.25) is 0 Å². The van der Waals surface area contributed by atoms with Crippen LogP contribution in [-0.4, -0.2) is 24.5 Å².